The lowest BCUT2D eigenvalue weighted by Crippen LogP contribution is -1.94. The number of fused-ring (bicyclic) bond motifs is 2. The van der Waals surface area contributed by atoms with Crippen molar-refractivity contribution in [2.24, 2.45) is 0 Å². The Kier molecular flexibility index (Phi) is 2.87. The second-order valence-corrected chi connectivity index (χ2v) is 7.16. The molecule has 20 heavy (non-hydrogen) atoms. The molecule has 4 rings (SSSR count). The molecule has 0 spiro atoms. The molecule has 0 saturated heterocycles. The summed E-state index contributed by atoms with van der Waals surface area (Å²) in [6.45, 7) is 0. The number of nitrogens with zero attached hydrogens (tertiary/aromatic N) is 2. The minimum atomic E-state index is -1.34. The Morgan fingerprint density at radius 2 is 1.20 bits per heavy atom. The normalized spacial score (nSPS) is 11.7. The van der Waals surface area contributed by atoms with Gasteiger partial charge in [-0.05, 0) is 35.2 Å². The maximum atomic E-state index is 12.8. The summed E-state index contributed by atoms with van der Waals surface area (Å²) in [6, 6.07) is 15.7. The Balaban J connectivity index is 1.92. The molecule has 3 nitrogen and oxygen atoms in total. The third-order valence-corrected chi connectivity index (χ3v) is 6.25. The van der Waals surface area contributed by atoms with Gasteiger partial charge in [0.15, 0.2) is 10.1 Å². The monoisotopic (exact) mass is 316 g/mol. The lowest BCUT2D eigenvalue weighted by atomic mass is 10.3. The van der Waals surface area contributed by atoms with Crippen LogP contribution in [-0.2, 0) is 10.8 Å². The van der Waals surface area contributed by atoms with Crippen LogP contribution in [0.5, 0.6) is 0 Å². The number of benzene rings is 2. The zero-order valence-electron chi connectivity index (χ0n) is 10.1. The summed E-state index contributed by atoms with van der Waals surface area (Å²) >= 11 is 2.76. The average molecular weight is 316 g/mol. The first-order chi connectivity index (χ1) is 9.84. The van der Waals surface area contributed by atoms with Crippen LogP contribution in [0.4, 0.5) is 0 Å². The van der Waals surface area contributed by atoms with Crippen molar-refractivity contribution in [3.8, 4) is 0 Å². The maximum absolute atomic E-state index is 12.8. The standard InChI is InChI=1S/C14H8N2OS3/c17-20(13-9-5-1-3-7-11(9)18-15-13)14-10-6-2-4-8-12(10)19-16-14/h1-8H. The van der Waals surface area contributed by atoms with Crippen LogP contribution < -0.4 is 0 Å². The van der Waals surface area contributed by atoms with Gasteiger partial charge in [0.2, 0.25) is 0 Å². The van der Waals surface area contributed by atoms with E-state index in [0.29, 0.717) is 10.1 Å². The molecule has 0 aliphatic heterocycles. The van der Waals surface area contributed by atoms with E-state index in [1.54, 1.807) is 0 Å². The van der Waals surface area contributed by atoms with Gasteiger partial charge in [0.25, 0.3) is 0 Å². The second-order valence-electron chi connectivity index (χ2n) is 4.24. The van der Waals surface area contributed by atoms with Crippen molar-refractivity contribution in [2.45, 2.75) is 10.1 Å². The summed E-state index contributed by atoms with van der Waals surface area (Å²) in [5.41, 5.74) is 0. The maximum Gasteiger partial charge on any atom is 0.155 e. The molecule has 4 aromatic rings. The van der Waals surface area contributed by atoms with Crippen molar-refractivity contribution in [1.29, 1.82) is 0 Å². The molecule has 6 heteroatoms. The molecule has 0 N–H and O–H groups in total. The van der Waals surface area contributed by atoms with Gasteiger partial charge in [-0.1, -0.05) is 36.4 Å². The van der Waals surface area contributed by atoms with Crippen molar-refractivity contribution in [2.75, 3.05) is 0 Å². The van der Waals surface area contributed by atoms with Gasteiger partial charge in [-0.2, -0.15) is 8.75 Å². The molecule has 2 aromatic carbocycles. The molecule has 0 saturated carbocycles. The summed E-state index contributed by atoms with van der Waals surface area (Å²) in [5, 5.41) is 3.13. The number of rotatable bonds is 2. The molecule has 0 bridgehead atoms. The highest BCUT2D eigenvalue weighted by Crippen LogP contribution is 2.31. The predicted octanol–water partition coefficient (Wildman–Crippen LogP) is 4.07. The van der Waals surface area contributed by atoms with Crippen molar-refractivity contribution in [3.05, 3.63) is 48.5 Å². The molecule has 0 unspecified atom stereocenters. The molecule has 0 aliphatic carbocycles. The number of hydrogen-bond acceptors (Lipinski definition) is 5. The van der Waals surface area contributed by atoms with Gasteiger partial charge in [-0.25, -0.2) is 4.21 Å². The van der Waals surface area contributed by atoms with E-state index in [1.165, 1.54) is 23.1 Å². The summed E-state index contributed by atoms with van der Waals surface area (Å²) < 4.78 is 23.6. The summed E-state index contributed by atoms with van der Waals surface area (Å²) in [4.78, 5) is 0. The van der Waals surface area contributed by atoms with Crippen LogP contribution in [-0.4, -0.2) is 13.0 Å². The Hall–Kier alpha value is -1.63. The SMILES string of the molecule is O=S(c1nsc2ccccc12)c1nsc2ccccc12. The van der Waals surface area contributed by atoms with Crippen molar-refractivity contribution in [1.82, 2.24) is 8.75 Å². The third kappa shape index (κ3) is 1.80. The molecule has 2 aromatic heterocycles. The van der Waals surface area contributed by atoms with Crippen molar-refractivity contribution in [3.63, 3.8) is 0 Å². The van der Waals surface area contributed by atoms with Crippen LogP contribution in [0.1, 0.15) is 0 Å². The fourth-order valence-electron chi connectivity index (χ4n) is 2.08. The summed E-state index contributed by atoms with van der Waals surface area (Å²) in [7, 11) is -1.34. The van der Waals surface area contributed by atoms with E-state index in [-0.39, 0.29) is 0 Å². The average Bonchev–Trinajstić information content (AvgIpc) is 3.11. The Morgan fingerprint density at radius 1 is 0.750 bits per heavy atom. The van der Waals surface area contributed by atoms with Crippen molar-refractivity contribution < 1.29 is 4.21 Å². The molecule has 0 amide bonds. The third-order valence-electron chi connectivity index (χ3n) is 3.04. The lowest BCUT2D eigenvalue weighted by molar-refractivity contribution is 0.681. The smallest absolute Gasteiger partial charge is 0.155 e. The van der Waals surface area contributed by atoms with E-state index in [0.717, 1.165) is 20.2 Å². The predicted molar refractivity (Wildman–Crippen MR) is 83.9 cm³/mol. The largest absolute Gasteiger partial charge is 0.246 e. The lowest BCUT2D eigenvalue weighted by Gasteiger charge is -1.96. The first kappa shape index (κ1) is 12.1. The van der Waals surface area contributed by atoms with E-state index >= 15 is 0 Å². The van der Waals surface area contributed by atoms with Crippen LogP contribution >= 0.6 is 23.1 Å². The van der Waals surface area contributed by atoms with Crippen LogP contribution in [0.25, 0.3) is 20.2 Å². The van der Waals surface area contributed by atoms with Gasteiger partial charge in [-0.3, -0.25) is 0 Å². The quantitative estimate of drug-likeness (QED) is 0.560. The van der Waals surface area contributed by atoms with E-state index in [2.05, 4.69) is 8.75 Å². The molecular weight excluding hydrogens is 308 g/mol. The fourth-order valence-corrected chi connectivity index (χ4v) is 5.28. The van der Waals surface area contributed by atoms with E-state index in [4.69, 9.17) is 0 Å². The first-order valence-corrected chi connectivity index (χ1v) is 8.65. The topological polar surface area (TPSA) is 42.9 Å². The van der Waals surface area contributed by atoms with Gasteiger partial charge in [-0.15, -0.1) is 0 Å². The van der Waals surface area contributed by atoms with Gasteiger partial charge >= 0.3 is 0 Å². The Bertz CT molecular complexity index is 866. The Labute approximate surface area is 125 Å². The molecule has 2 heterocycles. The first-order valence-electron chi connectivity index (χ1n) is 5.95. The zero-order chi connectivity index (χ0) is 13.5. The van der Waals surface area contributed by atoms with Crippen LogP contribution in [0.2, 0.25) is 0 Å². The van der Waals surface area contributed by atoms with E-state index < -0.39 is 10.8 Å². The minimum Gasteiger partial charge on any atom is -0.246 e. The van der Waals surface area contributed by atoms with Gasteiger partial charge in [0.05, 0.1) is 9.40 Å². The van der Waals surface area contributed by atoms with Gasteiger partial charge in [0, 0.05) is 10.8 Å². The van der Waals surface area contributed by atoms with Crippen LogP contribution in [0, 0.1) is 0 Å². The zero-order valence-corrected chi connectivity index (χ0v) is 12.6. The van der Waals surface area contributed by atoms with E-state index in [9.17, 15) is 4.21 Å². The second kappa shape index (κ2) is 4.73. The highest BCUT2D eigenvalue weighted by atomic mass is 32.2. The fraction of sp³-hybridized carbons (Fsp3) is 0. The number of aromatic nitrogens is 2. The molecular formula is C14H8N2OS3. The summed E-state index contributed by atoms with van der Waals surface area (Å²) in [6.07, 6.45) is 0. The Morgan fingerprint density at radius 3 is 1.70 bits per heavy atom. The highest BCUT2D eigenvalue weighted by Gasteiger charge is 2.19. The number of hydrogen-bond donors (Lipinski definition) is 0. The van der Waals surface area contributed by atoms with Gasteiger partial charge in [0.1, 0.15) is 10.8 Å². The molecule has 0 atom stereocenters. The minimum absolute atomic E-state index is 0.613. The van der Waals surface area contributed by atoms with Crippen molar-refractivity contribution >= 4 is 54.0 Å². The molecule has 0 aliphatic rings. The van der Waals surface area contributed by atoms with Crippen LogP contribution in [0.15, 0.2) is 58.6 Å². The van der Waals surface area contributed by atoms with Gasteiger partial charge < -0.3 is 0 Å². The highest BCUT2D eigenvalue weighted by molar-refractivity contribution is 7.85. The molecule has 98 valence electrons. The molecule has 0 fully saturated rings. The van der Waals surface area contributed by atoms with Crippen LogP contribution in [0.3, 0.4) is 0 Å². The summed E-state index contributed by atoms with van der Waals surface area (Å²) in [5.74, 6) is 0. The van der Waals surface area contributed by atoms with E-state index in [1.807, 2.05) is 48.5 Å². The molecule has 0 radical (unpaired) electrons.